The maximum atomic E-state index is 14.6. The van der Waals surface area contributed by atoms with Gasteiger partial charge in [0.1, 0.15) is 17.7 Å². The van der Waals surface area contributed by atoms with E-state index in [1.165, 1.54) is 0 Å². The van der Waals surface area contributed by atoms with Crippen molar-refractivity contribution in [2.45, 2.75) is 113 Å². The predicted octanol–water partition coefficient (Wildman–Crippen LogP) is 7.17. The van der Waals surface area contributed by atoms with Crippen molar-refractivity contribution in [3.05, 3.63) is 64.2 Å². The van der Waals surface area contributed by atoms with Crippen LogP contribution in [0.5, 0.6) is 0 Å². The zero-order valence-electron chi connectivity index (χ0n) is 26.5. The molecule has 220 valence electrons. The number of benzene rings is 2. The highest BCUT2D eigenvalue weighted by Gasteiger charge is 2.44. The Balaban J connectivity index is 2.74. The Morgan fingerprint density at radius 2 is 1.48 bits per heavy atom. The standard InChI is InChI=1S/C33H49N3O4/c1-13-33(11,12)36(30(38)26(20(2)3)35-31(39)40-32(8,9)10)28(25-19-21(4)17-18-22(25)5)29(37)34-27-23(6)15-14-16-24(27)7/h14-20,26,28H,13H2,1-12H3,(H,34,37)(H,35,39). The number of anilines is 1. The van der Waals surface area contributed by atoms with Gasteiger partial charge in [0.15, 0.2) is 0 Å². The van der Waals surface area contributed by atoms with Gasteiger partial charge in [-0.1, -0.05) is 62.7 Å². The van der Waals surface area contributed by atoms with Crippen LogP contribution >= 0.6 is 0 Å². The van der Waals surface area contributed by atoms with Crippen molar-refractivity contribution in [2.24, 2.45) is 5.92 Å². The average molecular weight is 552 g/mol. The lowest BCUT2D eigenvalue weighted by atomic mass is 9.88. The molecule has 2 aromatic rings. The lowest BCUT2D eigenvalue weighted by Crippen LogP contribution is -2.60. The number of nitrogens with zero attached hydrogens (tertiary/aromatic N) is 1. The van der Waals surface area contributed by atoms with Crippen molar-refractivity contribution in [3.63, 3.8) is 0 Å². The molecule has 2 N–H and O–H groups in total. The quantitative estimate of drug-likeness (QED) is 0.346. The first-order chi connectivity index (χ1) is 18.4. The monoisotopic (exact) mass is 551 g/mol. The molecule has 2 aromatic carbocycles. The maximum absolute atomic E-state index is 14.6. The number of carbonyl (C=O) groups excluding carboxylic acids is 3. The zero-order valence-corrected chi connectivity index (χ0v) is 26.5. The molecule has 0 aliphatic heterocycles. The van der Waals surface area contributed by atoms with Gasteiger partial charge in [0.2, 0.25) is 5.91 Å². The van der Waals surface area contributed by atoms with Gasteiger partial charge in [-0.3, -0.25) is 9.59 Å². The van der Waals surface area contributed by atoms with E-state index in [1.807, 2.05) is 98.7 Å². The lowest BCUT2D eigenvalue weighted by Gasteiger charge is -2.45. The van der Waals surface area contributed by atoms with E-state index >= 15 is 0 Å². The molecule has 0 aliphatic rings. The van der Waals surface area contributed by atoms with E-state index in [4.69, 9.17) is 4.74 Å². The molecule has 0 radical (unpaired) electrons. The molecule has 40 heavy (non-hydrogen) atoms. The van der Waals surface area contributed by atoms with Crippen LogP contribution in [-0.4, -0.2) is 40.0 Å². The molecule has 0 saturated carbocycles. The first-order valence-electron chi connectivity index (χ1n) is 14.2. The molecule has 0 aliphatic carbocycles. The number of para-hydroxylation sites is 1. The van der Waals surface area contributed by atoms with E-state index < -0.39 is 29.3 Å². The molecule has 2 unspecified atom stereocenters. The lowest BCUT2D eigenvalue weighted by molar-refractivity contribution is -0.148. The van der Waals surface area contributed by atoms with Gasteiger partial charge in [0, 0.05) is 11.2 Å². The first-order valence-corrected chi connectivity index (χ1v) is 14.2. The van der Waals surface area contributed by atoms with Crippen LogP contribution in [0.15, 0.2) is 36.4 Å². The van der Waals surface area contributed by atoms with Gasteiger partial charge in [0.25, 0.3) is 5.91 Å². The Bertz CT molecular complexity index is 1210. The third kappa shape index (κ3) is 8.09. The molecule has 0 bridgehead atoms. The maximum Gasteiger partial charge on any atom is 0.408 e. The summed E-state index contributed by atoms with van der Waals surface area (Å²) in [4.78, 5) is 43.4. The fourth-order valence-corrected chi connectivity index (χ4v) is 4.70. The summed E-state index contributed by atoms with van der Waals surface area (Å²) in [7, 11) is 0. The van der Waals surface area contributed by atoms with Gasteiger partial charge in [0.05, 0.1) is 0 Å². The second-order valence-electron chi connectivity index (χ2n) is 12.8. The predicted molar refractivity (Wildman–Crippen MR) is 162 cm³/mol. The number of nitrogens with one attached hydrogen (secondary N) is 2. The molecule has 0 heterocycles. The summed E-state index contributed by atoms with van der Waals surface area (Å²) >= 11 is 0. The van der Waals surface area contributed by atoms with Crippen LogP contribution in [0.3, 0.4) is 0 Å². The fraction of sp³-hybridized carbons (Fsp3) is 0.545. The molecular weight excluding hydrogens is 502 g/mol. The van der Waals surface area contributed by atoms with Crippen molar-refractivity contribution in [3.8, 4) is 0 Å². The largest absolute Gasteiger partial charge is 0.444 e. The molecule has 0 aromatic heterocycles. The number of alkyl carbamates (subject to hydrolysis) is 1. The highest BCUT2D eigenvalue weighted by molar-refractivity contribution is 6.00. The number of rotatable bonds is 9. The minimum absolute atomic E-state index is 0.254. The van der Waals surface area contributed by atoms with E-state index in [-0.39, 0.29) is 17.7 Å². The van der Waals surface area contributed by atoms with Crippen LogP contribution in [0.4, 0.5) is 10.5 Å². The Morgan fingerprint density at radius 1 is 0.900 bits per heavy atom. The Morgan fingerprint density at radius 3 is 1.98 bits per heavy atom. The number of carbonyl (C=O) groups is 3. The molecular formula is C33H49N3O4. The van der Waals surface area contributed by atoms with Crippen molar-refractivity contribution in [2.75, 3.05) is 5.32 Å². The fourth-order valence-electron chi connectivity index (χ4n) is 4.70. The van der Waals surface area contributed by atoms with Crippen molar-refractivity contribution >= 4 is 23.6 Å². The van der Waals surface area contributed by atoms with Crippen LogP contribution < -0.4 is 10.6 Å². The molecule has 0 spiro atoms. The number of hydrogen-bond acceptors (Lipinski definition) is 4. The second-order valence-corrected chi connectivity index (χ2v) is 12.8. The number of hydrogen-bond donors (Lipinski definition) is 2. The van der Waals surface area contributed by atoms with Crippen molar-refractivity contribution in [1.29, 1.82) is 0 Å². The van der Waals surface area contributed by atoms with Gasteiger partial charge in [-0.15, -0.1) is 0 Å². The van der Waals surface area contributed by atoms with E-state index in [2.05, 4.69) is 10.6 Å². The molecule has 0 fully saturated rings. The van der Waals surface area contributed by atoms with Crippen LogP contribution in [0.2, 0.25) is 0 Å². The van der Waals surface area contributed by atoms with Gasteiger partial charge in [-0.2, -0.15) is 0 Å². The Kier molecular flexibility index (Phi) is 10.6. The van der Waals surface area contributed by atoms with Crippen molar-refractivity contribution < 1.29 is 19.1 Å². The highest BCUT2D eigenvalue weighted by atomic mass is 16.6. The molecule has 2 atom stereocenters. The Hall–Kier alpha value is -3.35. The average Bonchev–Trinajstić information content (AvgIpc) is 2.83. The number of ether oxygens (including phenoxy) is 1. The topological polar surface area (TPSA) is 87.7 Å². The minimum atomic E-state index is -0.942. The summed E-state index contributed by atoms with van der Waals surface area (Å²) in [6, 6.07) is 9.96. The van der Waals surface area contributed by atoms with E-state index in [0.29, 0.717) is 6.42 Å². The summed E-state index contributed by atoms with van der Waals surface area (Å²) < 4.78 is 5.49. The first kappa shape index (κ1) is 32.9. The molecule has 0 saturated heterocycles. The smallest absolute Gasteiger partial charge is 0.408 e. The van der Waals surface area contributed by atoms with Crippen LogP contribution in [0, 0.1) is 33.6 Å². The summed E-state index contributed by atoms with van der Waals surface area (Å²) in [5.74, 6) is -0.896. The number of aryl methyl sites for hydroxylation is 4. The van der Waals surface area contributed by atoms with E-state index in [1.54, 1.807) is 25.7 Å². The molecule has 3 amide bonds. The third-order valence-corrected chi connectivity index (χ3v) is 7.32. The minimum Gasteiger partial charge on any atom is -0.444 e. The van der Waals surface area contributed by atoms with Crippen LogP contribution in [0.25, 0.3) is 0 Å². The molecule has 7 nitrogen and oxygen atoms in total. The van der Waals surface area contributed by atoms with Crippen LogP contribution in [0.1, 0.15) is 95.7 Å². The van der Waals surface area contributed by atoms with Crippen LogP contribution in [-0.2, 0) is 14.3 Å². The van der Waals surface area contributed by atoms with Gasteiger partial charge < -0.3 is 20.3 Å². The summed E-state index contributed by atoms with van der Waals surface area (Å²) in [5.41, 5.74) is 3.80. The van der Waals surface area contributed by atoms with E-state index in [0.717, 1.165) is 33.5 Å². The number of amides is 3. The van der Waals surface area contributed by atoms with Gasteiger partial charge in [-0.25, -0.2) is 4.79 Å². The molecule has 7 heteroatoms. The normalized spacial score (nSPS) is 13.4. The zero-order chi connectivity index (χ0) is 30.6. The second kappa shape index (κ2) is 12.9. The van der Waals surface area contributed by atoms with Gasteiger partial charge in [-0.05, 0) is 96.9 Å². The third-order valence-electron chi connectivity index (χ3n) is 7.32. The van der Waals surface area contributed by atoms with Gasteiger partial charge >= 0.3 is 6.09 Å². The van der Waals surface area contributed by atoms with E-state index in [9.17, 15) is 14.4 Å². The molecule has 2 rings (SSSR count). The summed E-state index contributed by atoms with van der Waals surface area (Å²) in [5, 5.41) is 5.95. The SMILES string of the molecule is CCC(C)(C)N(C(=O)C(NC(=O)OC(C)(C)C)C(C)C)C(C(=O)Nc1c(C)cccc1C)c1cc(C)ccc1C. The Labute approximate surface area is 241 Å². The van der Waals surface area contributed by atoms with Crippen molar-refractivity contribution in [1.82, 2.24) is 10.2 Å². The highest BCUT2D eigenvalue weighted by Crippen LogP contribution is 2.36. The summed E-state index contributed by atoms with van der Waals surface area (Å²) in [6.45, 7) is 22.8. The summed E-state index contributed by atoms with van der Waals surface area (Å²) in [6.07, 6.45) is -0.0781.